The summed E-state index contributed by atoms with van der Waals surface area (Å²) in [5.74, 6) is -1.05. The molecule has 0 saturated heterocycles. The first-order chi connectivity index (χ1) is 7.16. The lowest BCUT2D eigenvalue weighted by Gasteiger charge is -1.93. The summed E-state index contributed by atoms with van der Waals surface area (Å²) in [6.45, 7) is 1.60. The van der Waals surface area contributed by atoms with Crippen LogP contribution in [0, 0.1) is 6.92 Å². The Bertz CT molecular complexity index is 557. The summed E-state index contributed by atoms with van der Waals surface area (Å²) in [6.07, 6.45) is 2.12. The van der Waals surface area contributed by atoms with Gasteiger partial charge < -0.3 is 5.11 Å². The number of rotatable bonds is 2. The second-order valence-corrected chi connectivity index (χ2v) is 3.13. The number of aldehydes is 1. The number of carbonyl (C=O) groups excluding carboxylic acids is 1. The first kappa shape index (κ1) is 9.39. The molecule has 5 heteroatoms. The number of hydrogen-bond acceptors (Lipinski definition) is 3. The average molecular weight is 204 g/mol. The third kappa shape index (κ3) is 1.20. The summed E-state index contributed by atoms with van der Waals surface area (Å²) in [5, 5.41) is 13.0. The lowest BCUT2D eigenvalue weighted by molar-refractivity contribution is 0.0698. The van der Waals surface area contributed by atoms with Gasteiger partial charge in [-0.05, 0) is 24.6 Å². The number of aromatic carboxylic acids is 1. The van der Waals surface area contributed by atoms with E-state index in [4.69, 9.17) is 5.11 Å². The van der Waals surface area contributed by atoms with Crippen molar-refractivity contribution in [2.24, 2.45) is 0 Å². The molecule has 5 nitrogen and oxygen atoms in total. The van der Waals surface area contributed by atoms with E-state index in [-0.39, 0.29) is 11.3 Å². The van der Waals surface area contributed by atoms with Crippen molar-refractivity contribution in [1.82, 2.24) is 9.61 Å². The lowest BCUT2D eigenvalue weighted by Crippen LogP contribution is -1.97. The third-order valence-electron chi connectivity index (χ3n) is 2.32. The monoisotopic (exact) mass is 204 g/mol. The molecule has 2 aromatic heterocycles. The summed E-state index contributed by atoms with van der Waals surface area (Å²) >= 11 is 0. The van der Waals surface area contributed by atoms with E-state index in [1.165, 1.54) is 10.7 Å². The Labute approximate surface area is 84.9 Å². The molecule has 0 bridgehead atoms. The number of carboxylic acid groups (broad SMARTS) is 1. The van der Waals surface area contributed by atoms with Crippen molar-refractivity contribution >= 4 is 17.8 Å². The zero-order chi connectivity index (χ0) is 11.0. The van der Waals surface area contributed by atoms with Gasteiger partial charge in [-0.2, -0.15) is 5.10 Å². The number of carbonyl (C=O) groups is 2. The fraction of sp³-hybridized carbons (Fsp3) is 0.100. The SMILES string of the molecule is Cc1c(C(=O)O)c2cccnn2c1C=O. The van der Waals surface area contributed by atoms with Crippen LogP contribution >= 0.6 is 0 Å². The van der Waals surface area contributed by atoms with Crippen LogP contribution in [0.3, 0.4) is 0 Å². The number of carboxylic acids is 1. The maximum atomic E-state index is 11.0. The number of fused-ring (bicyclic) bond motifs is 1. The highest BCUT2D eigenvalue weighted by atomic mass is 16.4. The van der Waals surface area contributed by atoms with Crippen molar-refractivity contribution in [3.8, 4) is 0 Å². The highest BCUT2D eigenvalue weighted by Crippen LogP contribution is 2.20. The topological polar surface area (TPSA) is 71.7 Å². The second-order valence-electron chi connectivity index (χ2n) is 3.13. The van der Waals surface area contributed by atoms with E-state index in [2.05, 4.69) is 5.10 Å². The van der Waals surface area contributed by atoms with Crippen LogP contribution in [0.15, 0.2) is 18.3 Å². The molecule has 0 aliphatic carbocycles. The molecule has 2 heterocycles. The fourth-order valence-corrected chi connectivity index (χ4v) is 1.64. The smallest absolute Gasteiger partial charge is 0.338 e. The van der Waals surface area contributed by atoms with Crippen LogP contribution in [0.4, 0.5) is 0 Å². The van der Waals surface area contributed by atoms with Gasteiger partial charge in [0.25, 0.3) is 0 Å². The highest BCUT2D eigenvalue weighted by Gasteiger charge is 2.19. The van der Waals surface area contributed by atoms with Crippen LogP contribution in [0.25, 0.3) is 5.52 Å². The Hall–Kier alpha value is -2.17. The molecule has 0 aromatic carbocycles. The van der Waals surface area contributed by atoms with Crippen molar-refractivity contribution < 1.29 is 14.7 Å². The van der Waals surface area contributed by atoms with Crippen molar-refractivity contribution in [3.63, 3.8) is 0 Å². The van der Waals surface area contributed by atoms with Gasteiger partial charge in [-0.1, -0.05) is 0 Å². The Balaban J connectivity index is 2.97. The van der Waals surface area contributed by atoms with Crippen LogP contribution in [-0.4, -0.2) is 27.0 Å². The van der Waals surface area contributed by atoms with Crippen molar-refractivity contribution in [3.05, 3.63) is 35.2 Å². The molecule has 76 valence electrons. The Morgan fingerprint density at radius 1 is 1.60 bits per heavy atom. The van der Waals surface area contributed by atoms with Crippen molar-refractivity contribution in [2.45, 2.75) is 6.92 Å². The average Bonchev–Trinajstić information content (AvgIpc) is 2.49. The van der Waals surface area contributed by atoms with Crippen LogP contribution in [0.1, 0.15) is 26.4 Å². The van der Waals surface area contributed by atoms with E-state index in [1.54, 1.807) is 19.1 Å². The van der Waals surface area contributed by atoms with Gasteiger partial charge in [0.1, 0.15) is 5.69 Å². The summed E-state index contributed by atoms with van der Waals surface area (Å²) < 4.78 is 1.34. The predicted molar refractivity (Wildman–Crippen MR) is 52.3 cm³/mol. The molecule has 2 rings (SSSR count). The molecular weight excluding hydrogens is 196 g/mol. The van der Waals surface area contributed by atoms with Gasteiger partial charge in [0, 0.05) is 6.20 Å². The first-order valence-electron chi connectivity index (χ1n) is 4.31. The van der Waals surface area contributed by atoms with E-state index in [1.807, 2.05) is 0 Å². The zero-order valence-corrected chi connectivity index (χ0v) is 7.97. The number of hydrogen-bond donors (Lipinski definition) is 1. The van der Waals surface area contributed by atoms with E-state index in [0.29, 0.717) is 17.4 Å². The minimum atomic E-state index is -1.05. The highest BCUT2D eigenvalue weighted by molar-refractivity contribution is 6.00. The summed E-state index contributed by atoms with van der Waals surface area (Å²) in [5.41, 5.74) is 1.29. The third-order valence-corrected chi connectivity index (χ3v) is 2.32. The Kier molecular flexibility index (Phi) is 2.00. The molecular formula is C10H8N2O3. The van der Waals surface area contributed by atoms with Crippen LogP contribution in [0.2, 0.25) is 0 Å². The largest absolute Gasteiger partial charge is 0.478 e. The molecule has 0 unspecified atom stereocenters. The molecule has 0 amide bonds. The predicted octanol–water partition coefficient (Wildman–Crippen LogP) is 1.15. The van der Waals surface area contributed by atoms with E-state index in [9.17, 15) is 9.59 Å². The van der Waals surface area contributed by atoms with E-state index in [0.717, 1.165) is 0 Å². The lowest BCUT2D eigenvalue weighted by atomic mass is 10.1. The summed E-state index contributed by atoms with van der Waals surface area (Å²) in [4.78, 5) is 21.8. The maximum Gasteiger partial charge on any atom is 0.338 e. The normalized spacial score (nSPS) is 10.5. The van der Waals surface area contributed by atoms with Gasteiger partial charge in [-0.3, -0.25) is 4.79 Å². The maximum absolute atomic E-state index is 11.0. The zero-order valence-electron chi connectivity index (χ0n) is 7.97. The molecule has 0 spiro atoms. The van der Waals surface area contributed by atoms with Gasteiger partial charge in [0.2, 0.25) is 0 Å². The first-order valence-corrected chi connectivity index (χ1v) is 4.31. The van der Waals surface area contributed by atoms with Crippen molar-refractivity contribution in [2.75, 3.05) is 0 Å². The van der Waals surface area contributed by atoms with Crippen LogP contribution < -0.4 is 0 Å². The second kappa shape index (κ2) is 3.20. The molecule has 0 aliphatic rings. The van der Waals surface area contributed by atoms with Gasteiger partial charge in [-0.15, -0.1) is 0 Å². The van der Waals surface area contributed by atoms with Gasteiger partial charge >= 0.3 is 5.97 Å². The standard InChI is InChI=1S/C10H8N2O3/c1-6-8(5-13)12-7(3-2-4-11-12)9(6)10(14)15/h2-5H,1H3,(H,14,15). The fourth-order valence-electron chi connectivity index (χ4n) is 1.64. The van der Waals surface area contributed by atoms with Crippen LogP contribution in [-0.2, 0) is 0 Å². The van der Waals surface area contributed by atoms with Crippen molar-refractivity contribution in [1.29, 1.82) is 0 Å². The molecule has 1 N–H and O–H groups in total. The minimum Gasteiger partial charge on any atom is -0.478 e. The van der Waals surface area contributed by atoms with Gasteiger partial charge in [-0.25, -0.2) is 9.31 Å². The molecule has 0 fully saturated rings. The molecule has 0 radical (unpaired) electrons. The van der Waals surface area contributed by atoms with E-state index >= 15 is 0 Å². The summed E-state index contributed by atoms with van der Waals surface area (Å²) in [6, 6.07) is 3.26. The molecule has 15 heavy (non-hydrogen) atoms. The van der Waals surface area contributed by atoms with E-state index < -0.39 is 5.97 Å². The van der Waals surface area contributed by atoms with Gasteiger partial charge in [0.15, 0.2) is 6.29 Å². The Morgan fingerprint density at radius 2 is 2.33 bits per heavy atom. The molecule has 0 atom stereocenters. The van der Waals surface area contributed by atoms with Crippen LogP contribution in [0.5, 0.6) is 0 Å². The number of nitrogens with zero attached hydrogens (tertiary/aromatic N) is 2. The molecule has 0 saturated carbocycles. The minimum absolute atomic E-state index is 0.130. The molecule has 2 aromatic rings. The molecule has 0 aliphatic heterocycles. The van der Waals surface area contributed by atoms with Gasteiger partial charge in [0.05, 0.1) is 11.1 Å². The summed E-state index contributed by atoms with van der Waals surface area (Å²) in [7, 11) is 0. The number of aromatic nitrogens is 2. The quantitative estimate of drug-likeness (QED) is 0.745. The Morgan fingerprint density at radius 3 is 2.93 bits per heavy atom.